The van der Waals surface area contributed by atoms with Gasteiger partial charge >= 0.3 is 11.9 Å². The number of carbonyl (C=O) groups excluding carboxylic acids is 2. The molecule has 1 rings (SSSR count). The predicted molar refractivity (Wildman–Crippen MR) is 65.4 cm³/mol. The summed E-state index contributed by atoms with van der Waals surface area (Å²) in [6.07, 6.45) is -3.44. The predicted octanol–water partition coefficient (Wildman–Crippen LogP) is -0.770. The van der Waals surface area contributed by atoms with E-state index in [-0.39, 0.29) is 18.2 Å². The second kappa shape index (κ2) is 6.37. The van der Waals surface area contributed by atoms with Gasteiger partial charge in [0.15, 0.2) is 5.11 Å². The Bertz CT molecular complexity index is 442. The number of halogens is 1. The minimum absolute atomic E-state index is 0.378. The van der Waals surface area contributed by atoms with Crippen molar-refractivity contribution >= 4 is 41.1 Å². The summed E-state index contributed by atoms with van der Waals surface area (Å²) in [6.45, 7) is -0.769. The van der Waals surface area contributed by atoms with E-state index in [4.69, 9.17) is 22.4 Å². The molecule has 0 radical (unpaired) electrons. The monoisotopic (exact) mass is 306 g/mol. The van der Waals surface area contributed by atoms with Crippen LogP contribution in [0.4, 0.5) is 4.39 Å². The van der Waals surface area contributed by atoms with E-state index < -0.39 is 42.8 Å². The number of carboxylic acids is 2. The van der Waals surface area contributed by atoms with Gasteiger partial charge in [-0.1, -0.05) is 0 Å². The zero-order valence-corrected chi connectivity index (χ0v) is 10.9. The largest absolute Gasteiger partial charge is 0.481 e. The number of carboxylic acid groups (broad SMARTS) is 2. The zero-order valence-electron chi connectivity index (χ0n) is 10.1. The van der Waals surface area contributed by atoms with Crippen LogP contribution in [0.3, 0.4) is 0 Å². The molecule has 110 valence electrons. The van der Waals surface area contributed by atoms with Crippen molar-refractivity contribution < 1.29 is 33.8 Å². The molecule has 0 atom stereocenters. The summed E-state index contributed by atoms with van der Waals surface area (Å²) in [6, 6.07) is 0. The molecule has 1 fully saturated rings. The molecule has 8 nitrogen and oxygen atoms in total. The van der Waals surface area contributed by atoms with Gasteiger partial charge < -0.3 is 10.2 Å². The Labute approximate surface area is 117 Å². The van der Waals surface area contributed by atoms with Gasteiger partial charge in [0, 0.05) is 13.1 Å². The maximum atomic E-state index is 13.6. The third-order valence-electron chi connectivity index (χ3n) is 2.53. The Morgan fingerprint density at radius 1 is 1.05 bits per heavy atom. The average molecular weight is 306 g/mol. The van der Waals surface area contributed by atoms with Gasteiger partial charge in [0.2, 0.25) is 0 Å². The minimum atomic E-state index is -2.50. The summed E-state index contributed by atoms with van der Waals surface area (Å²) in [7, 11) is 0. The summed E-state index contributed by atoms with van der Waals surface area (Å²) in [5.41, 5.74) is 0. The number of amides is 2. The lowest BCUT2D eigenvalue weighted by molar-refractivity contribution is -0.148. The third-order valence-corrected chi connectivity index (χ3v) is 2.97. The molecule has 20 heavy (non-hydrogen) atoms. The molecule has 2 amide bonds. The molecule has 1 heterocycles. The van der Waals surface area contributed by atoms with Crippen LogP contribution in [0.5, 0.6) is 0 Å². The molecule has 0 aliphatic carbocycles. The van der Waals surface area contributed by atoms with Crippen molar-refractivity contribution in [3.8, 4) is 0 Å². The molecular weight excluding hydrogens is 295 g/mol. The van der Waals surface area contributed by atoms with Crippen LogP contribution in [0, 0.1) is 0 Å². The van der Waals surface area contributed by atoms with Gasteiger partial charge in [-0.05, 0) is 12.2 Å². The van der Waals surface area contributed by atoms with Gasteiger partial charge in [-0.15, -0.1) is 0 Å². The highest BCUT2D eigenvalue weighted by molar-refractivity contribution is 7.80. The average Bonchev–Trinajstić information content (AvgIpc) is 2.35. The van der Waals surface area contributed by atoms with Gasteiger partial charge in [-0.3, -0.25) is 29.0 Å². The van der Waals surface area contributed by atoms with Crippen LogP contribution in [-0.4, -0.2) is 68.1 Å². The van der Waals surface area contributed by atoms with Crippen molar-refractivity contribution in [2.24, 2.45) is 0 Å². The lowest BCUT2D eigenvalue weighted by Gasteiger charge is -2.36. The van der Waals surface area contributed by atoms with Crippen LogP contribution in [0.2, 0.25) is 0 Å². The molecule has 0 saturated carbocycles. The molecule has 1 saturated heterocycles. The second-order valence-electron chi connectivity index (χ2n) is 3.91. The topological polar surface area (TPSA) is 115 Å². The van der Waals surface area contributed by atoms with Crippen LogP contribution in [0.1, 0.15) is 12.8 Å². The molecule has 1 aliphatic heterocycles. The van der Waals surface area contributed by atoms with E-state index >= 15 is 0 Å². The highest BCUT2D eigenvalue weighted by Crippen LogP contribution is 2.16. The maximum Gasteiger partial charge on any atom is 0.305 e. The van der Waals surface area contributed by atoms with Crippen molar-refractivity contribution in [1.82, 2.24) is 9.80 Å². The molecule has 0 bridgehead atoms. The lowest BCUT2D eigenvalue weighted by Crippen LogP contribution is -2.61. The first-order valence-electron chi connectivity index (χ1n) is 5.50. The van der Waals surface area contributed by atoms with Crippen LogP contribution in [0.25, 0.3) is 0 Å². The molecule has 2 N–H and O–H groups in total. The number of aliphatic carboxylic acids is 2. The SMILES string of the molecule is O=C(O)CCN1C(=O)C(F)C(=O)N(CCC(=O)O)C1=S. The van der Waals surface area contributed by atoms with Crippen LogP contribution in [-0.2, 0) is 19.2 Å². The molecule has 10 heteroatoms. The zero-order chi connectivity index (χ0) is 15.4. The highest BCUT2D eigenvalue weighted by Gasteiger charge is 2.43. The first-order chi connectivity index (χ1) is 9.25. The standard InChI is InChI=1S/C10H11FN2O6S/c11-7-8(18)12(3-1-5(14)15)10(20)13(9(7)19)4-2-6(16)17/h7H,1-4H2,(H,14,15)(H,16,17). The van der Waals surface area contributed by atoms with E-state index in [1.54, 1.807) is 0 Å². The Balaban J connectivity index is 2.87. The molecule has 0 spiro atoms. The van der Waals surface area contributed by atoms with Crippen LogP contribution >= 0.6 is 12.2 Å². The quantitative estimate of drug-likeness (QED) is 0.489. The van der Waals surface area contributed by atoms with Gasteiger partial charge in [-0.2, -0.15) is 0 Å². The fraction of sp³-hybridized carbons (Fsp3) is 0.500. The summed E-state index contributed by atoms with van der Waals surface area (Å²) >= 11 is 4.82. The molecule has 1 aliphatic rings. The fourth-order valence-corrected chi connectivity index (χ4v) is 1.90. The van der Waals surface area contributed by atoms with E-state index in [9.17, 15) is 23.6 Å². The smallest absolute Gasteiger partial charge is 0.305 e. The first-order valence-corrected chi connectivity index (χ1v) is 5.91. The van der Waals surface area contributed by atoms with E-state index in [1.807, 2.05) is 0 Å². The number of carbonyl (C=O) groups is 4. The van der Waals surface area contributed by atoms with E-state index in [0.717, 1.165) is 0 Å². The normalized spacial score (nSPS) is 16.8. The summed E-state index contributed by atoms with van der Waals surface area (Å²) in [5.74, 6) is -4.89. The van der Waals surface area contributed by atoms with Crippen molar-refractivity contribution in [1.29, 1.82) is 0 Å². The fourth-order valence-electron chi connectivity index (χ4n) is 1.54. The van der Waals surface area contributed by atoms with Crippen molar-refractivity contribution in [3.05, 3.63) is 0 Å². The van der Waals surface area contributed by atoms with E-state index in [2.05, 4.69) is 0 Å². The molecular formula is C10H11FN2O6S. The molecule has 0 unspecified atom stereocenters. The number of alkyl halides is 1. The summed E-state index contributed by atoms with van der Waals surface area (Å²) < 4.78 is 13.6. The van der Waals surface area contributed by atoms with Gasteiger partial charge in [-0.25, -0.2) is 4.39 Å². The second-order valence-corrected chi connectivity index (χ2v) is 4.28. The molecule has 0 aromatic rings. The minimum Gasteiger partial charge on any atom is -0.481 e. The van der Waals surface area contributed by atoms with Crippen LogP contribution in [0.15, 0.2) is 0 Å². The van der Waals surface area contributed by atoms with Gasteiger partial charge in [0.1, 0.15) is 0 Å². The summed E-state index contributed by atoms with van der Waals surface area (Å²) in [4.78, 5) is 45.4. The highest BCUT2D eigenvalue weighted by atomic mass is 32.1. The van der Waals surface area contributed by atoms with E-state index in [0.29, 0.717) is 9.80 Å². The Hall–Kier alpha value is -2.10. The Morgan fingerprint density at radius 3 is 1.70 bits per heavy atom. The third kappa shape index (κ3) is 3.47. The van der Waals surface area contributed by atoms with Crippen molar-refractivity contribution in [2.75, 3.05) is 13.1 Å². The molecule has 0 aromatic carbocycles. The molecule has 0 aromatic heterocycles. The number of nitrogens with zero attached hydrogens (tertiary/aromatic N) is 2. The number of hydrogen-bond acceptors (Lipinski definition) is 5. The van der Waals surface area contributed by atoms with Crippen molar-refractivity contribution in [2.45, 2.75) is 19.0 Å². The summed E-state index contributed by atoms with van der Waals surface area (Å²) in [5, 5.41) is 16.7. The number of hydrogen-bond donors (Lipinski definition) is 2. The van der Waals surface area contributed by atoms with E-state index in [1.165, 1.54) is 0 Å². The lowest BCUT2D eigenvalue weighted by atomic mass is 10.2. The van der Waals surface area contributed by atoms with Crippen molar-refractivity contribution in [3.63, 3.8) is 0 Å². The number of rotatable bonds is 6. The van der Waals surface area contributed by atoms with Gasteiger partial charge in [0.05, 0.1) is 12.8 Å². The van der Waals surface area contributed by atoms with Gasteiger partial charge in [0.25, 0.3) is 18.0 Å². The Morgan fingerprint density at radius 2 is 1.40 bits per heavy atom. The first kappa shape index (κ1) is 16.0. The number of thiocarbonyl (C=S) groups is 1. The maximum absolute atomic E-state index is 13.6. The Kier molecular flexibility index (Phi) is 5.08. The van der Waals surface area contributed by atoms with Crippen LogP contribution < -0.4 is 0 Å².